The zero-order valence-corrected chi connectivity index (χ0v) is 26.8. The molecule has 5 heterocycles. The molecule has 0 radical (unpaired) electrons. The smallest absolute Gasteiger partial charge is 0.222 e. The molecule has 7 rings (SSSR count). The number of hydrogen-bond acceptors (Lipinski definition) is 9. The number of thiophene rings is 1. The van der Waals surface area contributed by atoms with E-state index in [9.17, 15) is 14.0 Å². The number of aromatic nitrogens is 5. The van der Waals surface area contributed by atoms with Crippen molar-refractivity contribution in [2.45, 2.75) is 64.1 Å². The Labute approximate surface area is 276 Å². The summed E-state index contributed by atoms with van der Waals surface area (Å²) in [6.07, 6.45) is 11.9. The van der Waals surface area contributed by atoms with Gasteiger partial charge in [-0.05, 0) is 67.0 Å². The molecule has 1 aromatic carbocycles. The number of ketones is 1. The summed E-state index contributed by atoms with van der Waals surface area (Å²) in [4.78, 5) is 41.1. The first-order valence-electron chi connectivity index (χ1n) is 16.1. The third-order valence-electron chi connectivity index (χ3n) is 8.68. The third-order valence-corrected chi connectivity index (χ3v) is 9.84. The van der Waals surface area contributed by atoms with Crippen molar-refractivity contribution < 1.29 is 18.7 Å². The van der Waals surface area contributed by atoms with Crippen LogP contribution in [0, 0.1) is 11.7 Å². The highest BCUT2D eigenvalue weighted by Crippen LogP contribution is 2.39. The molecule has 1 N–H and O–H groups in total. The molecule has 0 spiro atoms. The zero-order valence-electron chi connectivity index (χ0n) is 26.0. The van der Waals surface area contributed by atoms with Gasteiger partial charge >= 0.3 is 0 Å². The Hall–Kier alpha value is -4.55. The van der Waals surface area contributed by atoms with Crippen LogP contribution in [0.5, 0.6) is 11.5 Å². The highest BCUT2D eigenvalue weighted by molar-refractivity contribution is 7.22. The lowest BCUT2D eigenvalue weighted by Gasteiger charge is -2.32. The van der Waals surface area contributed by atoms with Crippen LogP contribution in [0.25, 0.3) is 20.8 Å². The molecule has 2 aliphatic rings. The van der Waals surface area contributed by atoms with E-state index in [1.165, 1.54) is 23.7 Å². The molecule has 1 amide bonds. The van der Waals surface area contributed by atoms with Gasteiger partial charge in [0.15, 0.2) is 11.6 Å². The quantitative estimate of drug-likeness (QED) is 0.166. The maximum atomic E-state index is 15.0. The van der Waals surface area contributed by atoms with Gasteiger partial charge in [0.2, 0.25) is 5.91 Å². The number of halogens is 1. The van der Waals surface area contributed by atoms with E-state index in [1.807, 2.05) is 18.3 Å². The number of piperidine rings is 1. The number of fused-ring (bicyclic) bond motifs is 1. The van der Waals surface area contributed by atoms with E-state index in [0.717, 1.165) is 71.7 Å². The standard InChI is InChI=1S/C35H36FN7O3S/c36-28-17-24(16-27(44)15-23-1-2-23)4-6-31(28)46-32-7-11-38-30-18-33(47-35(30)32)29-5-3-25(19-39-29)20-42-12-8-26(9-13-42)41-34(45)10-14-43-22-37-21-40-43/h3-7,11,17-19,21-23,26H,1-2,8-10,12-16,20H2,(H,41,45). The van der Waals surface area contributed by atoms with Gasteiger partial charge in [0.25, 0.3) is 0 Å². The summed E-state index contributed by atoms with van der Waals surface area (Å²) in [5.74, 6) is 0.865. The average molecular weight is 654 g/mol. The Kier molecular flexibility index (Phi) is 9.30. The fraction of sp³-hybridized carbons (Fsp3) is 0.371. The zero-order chi connectivity index (χ0) is 32.2. The largest absolute Gasteiger partial charge is 0.453 e. The minimum Gasteiger partial charge on any atom is -0.453 e. The summed E-state index contributed by atoms with van der Waals surface area (Å²) in [5.41, 5.74) is 3.38. The molecule has 1 aliphatic heterocycles. The molecule has 4 aromatic heterocycles. The van der Waals surface area contributed by atoms with Crippen LogP contribution >= 0.6 is 11.3 Å². The Morgan fingerprint density at radius 2 is 1.85 bits per heavy atom. The molecular weight excluding hydrogens is 617 g/mol. The van der Waals surface area contributed by atoms with Crippen molar-refractivity contribution in [3.8, 4) is 22.1 Å². The van der Waals surface area contributed by atoms with Crippen LogP contribution in [-0.2, 0) is 29.1 Å². The topological polar surface area (TPSA) is 115 Å². The summed E-state index contributed by atoms with van der Waals surface area (Å²) in [6.45, 7) is 3.14. The second-order valence-corrected chi connectivity index (χ2v) is 13.5. The number of hydrogen-bond donors (Lipinski definition) is 1. The van der Waals surface area contributed by atoms with Crippen LogP contribution in [-0.4, -0.2) is 60.5 Å². The maximum absolute atomic E-state index is 15.0. The van der Waals surface area contributed by atoms with Crippen molar-refractivity contribution in [3.05, 3.63) is 84.5 Å². The molecule has 12 heteroatoms. The number of benzene rings is 1. The average Bonchev–Trinajstić information content (AvgIpc) is 3.52. The van der Waals surface area contributed by atoms with E-state index >= 15 is 0 Å². The second kappa shape index (κ2) is 14.1. The van der Waals surface area contributed by atoms with Gasteiger partial charge in [-0.15, -0.1) is 11.3 Å². The minimum atomic E-state index is -0.492. The number of pyridine rings is 2. The predicted octanol–water partition coefficient (Wildman–Crippen LogP) is 5.96. The molecule has 2 fully saturated rings. The number of amides is 1. The highest BCUT2D eigenvalue weighted by atomic mass is 32.1. The van der Waals surface area contributed by atoms with Crippen molar-refractivity contribution in [3.63, 3.8) is 0 Å². The molecule has 1 saturated carbocycles. The number of likely N-dealkylation sites (tertiary alicyclic amines) is 1. The van der Waals surface area contributed by atoms with Gasteiger partial charge in [0.05, 0.1) is 27.3 Å². The third kappa shape index (κ3) is 8.06. The Balaban J connectivity index is 0.929. The molecule has 0 unspecified atom stereocenters. The van der Waals surface area contributed by atoms with E-state index in [-0.39, 0.29) is 29.9 Å². The van der Waals surface area contributed by atoms with Crippen LogP contribution in [0.2, 0.25) is 0 Å². The number of carbonyl (C=O) groups is 2. The van der Waals surface area contributed by atoms with Gasteiger partial charge in [0.1, 0.15) is 24.2 Å². The highest BCUT2D eigenvalue weighted by Gasteiger charge is 2.25. The lowest BCUT2D eigenvalue weighted by atomic mass is 10.0. The fourth-order valence-corrected chi connectivity index (χ4v) is 6.98. The van der Waals surface area contributed by atoms with Crippen LogP contribution in [0.15, 0.2) is 67.5 Å². The number of ether oxygens (including phenoxy) is 1. The summed E-state index contributed by atoms with van der Waals surface area (Å²) in [7, 11) is 0. The summed E-state index contributed by atoms with van der Waals surface area (Å²) in [6, 6.07) is 12.8. The van der Waals surface area contributed by atoms with Crippen molar-refractivity contribution >= 4 is 33.2 Å². The Morgan fingerprint density at radius 3 is 2.60 bits per heavy atom. The number of rotatable bonds is 13. The normalized spacial score (nSPS) is 15.6. The SMILES string of the molecule is O=C(Cc1ccc(Oc2ccnc3cc(-c4ccc(CN5CCC(NC(=O)CCn6cncn6)CC5)cn4)sc23)c(F)c1)CC1CC1. The van der Waals surface area contributed by atoms with E-state index in [2.05, 4.69) is 31.3 Å². The molecule has 1 saturated heterocycles. The molecule has 0 bridgehead atoms. The van der Waals surface area contributed by atoms with Crippen LogP contribution in [0.3, 0.4) is 0 Å². The predicted molar refractivity (Wildman–Crippen MR) is 176 cm³/mol. The second-order valence-electron chi connectivity index (χ2n) is 12.4. The van der Waals surface area contributed by atoms with E-state index in [1.54, 1.807) is 35.4 Å². The van der Waals surface area contributed by atoms with Crippen LogP contribution in [0.1, 0.15) is 49.7 Å². The Morgan fingerprint density at radius 1 is 1.00 bits per heavy atom. The van der Waals surface area contributed by atoms with Gasteiger partial charge in [0, 0.05) is 63.4 Å². The van der Waals surface area contributed by atoms with E-state index < -0.39 is 5.82 Å². The van der Waals surface area contributed by atoms with E-state index in [4.69, 9.17) is 9.72 Å². The molecule has 0 atom stereocenters. The molecule has 1 aliphatic carbocycles. The molecule has 10 nitrogen and oxygen atoms in total. The number of nitrogens with one attached hydrogen (secondary N) is 1. The van der Waals surface area contributed by atoms with Gasteiger partial charge < -0.3 is 10.1 Å². The fourth-order valence-electron chi connectivity index (χ4n) is 5.94. The number of nitrogens with zero attached hydrogens (tertiary/aromatic N) is 6. The number of carbonyl (C=O) groups excluding carboxylic acids is 2. The lowest BCUT2D eigenvalue weighted by Crippen LogP contribution is -2.44. The summed E-state index contributed by atoms with van der Waals surface area (Å²) < 4.78 is 23.5. The first kappa shape index (κ1) is 31.1. The van der Waals surface area contributed by atoms with Gasteiger partial charge in [-0.1, -0.05) is 12.1 Å². The minimum absolute atomic E-state index is 0.0445. The lowest BCUT2D eigenvalue weighted by molar-refractivity contribution is -0.122. The number of aryl methyl sites for hydroxylation is 1. The van der Waals surface area contributed by atoms with Crippen molar-refractivity contribution in [2.75, 3.05) is 13.1 Å². The van der Waals surface area contributed by atoms with Gasteiger partial charge in [-0.2, -0.15) is 5.10 Å². The van der Waals surface area contributed by atoms with Crippen LogP contribution < -0.4 is 10.1 Å². The van der Waals surface area contributed by atoms with Gasteiger partial charge in [-0.25, -0.2) is 9.37 Å². The molecule has 242 valence electrons. The van der Waals surface area contributed by atoms with E-state index in [0.29, 0.717) is 36.6 Å². The molecule has 5 aromatic rings. The van der Waals surface area contributed by atoms with Crippen molar-refractivity contribution in [2.24, 2.45) is 5.92 Å². The van der Waals surface area contributed by atoms with Crippen molar-refractivity contribution in [1.29, 1.82) is 0 Å². The van der Waals surface area contributed by atoms with Gasteiger partial charge in [-0.3, -0.25) is 29.1 Å². The summed E-state index contributed by atoms with van der Waals surface area (Å²) >= 11 is 1.50. The van der Waals surface area contributed by atoms with Crippen LogP contribution in [0.4, 0.5) is 4.39 Å². The molecular formula is C35H36FN7O3S. The Bertz CT molecular complexity index is 1850. The van der Waals surface area contributed by atoms with Crippen molar-refractivity contribution in [1.82, 2.24) is 34.9 Å². The first-order chi connectivity index (χ1) is 22.9. The first-order valence-corrected chi connectivity index (χ1v) is 16.9. The molecule has 47 heavy (non-hydrogen) atoms. The number of Topliss-reactive ketones (excluding diaryl/α,β-unsaturated/α-hetero) is 1. The summed E-state index contributed by atoms with van der Waals surface area (Å²) in [5, 5.41) is 7.19. The monoisotopic (exact) mass is 653 g/mol. The maximum Gasteiger partial charge on any atom is 0.222 e.